The molecule has 2 aromatic heterocycles. The fourth-order valence-electron chi connectivity index (χ4n) is 3.65. The molecule has 0 bridgehead atoms. The molecular weight excluding hydrogens is 412 g/mol. The maximum absolute atomic E-state index is 13.3. The van der Waals surface area contributed by atoms with Crippen LogP contribution in [0.1, 0.15) is 0 Å². The predicted molar refractivity (Wildman–Crippen MR) is 123 cm³/mol. The SMILES string of the molecule is O=C(Cn1c(=O)c2nn(-c3ccccc3)cc2c2ccccc21)Nc1ccc(Cl)cc1. The van der Waals surface area contributed by atoms with E-state index in [1.54, 1.807) is 28.9 Å². The summed E-state index contributed by atoms with van der Waals surface area (Å²) < 4.78 is 3.15. The molecule has 0 saturated heterocycles. The first-order chi connectivity index (χ1) is 15.1. The van der Waals surface area contributed by atoms with Crippen LogP contribution in [0.3, 0.4) is 0 Å². The van der Waals surface area contributed by atoms with E-state index < -0.39 is 0 Å². The van der Waals surface area contributed by atoms with E-state index in [0.29, 0.717) is 21.7 Å². The number of nitrogens with one attached hydrogen (secondary N) is 1. The molecule has 0 aliphatic carbocycles. The second kappa shape index (κ2) is 7.74. The Balaban J connectivity index is 1.60. The van der Waals surface area contributed by atoms with Crippen molar-refractivity contribution in [2.24, 2.45) is 0 Å². The monoisotopic (exact) mass is 428 g/mol. The van der Waals surface area contributed by atoms with Gasteiger partial charge in [-0.15, -0.1) is 0 Å². The number of rotatable bonds is 4. The first-order valence-corrected chi connectivity index (χ1v) is 10.1. The second-order valence-corrected chi connectivity index (χ2v) is 7.57. The molecule has 152 valence electrons. The zero-order valence-corrected chi connectivity index (χ0v) is 17.1. The van der Waals surface area contributed by atoms with E-state index in [-0.39, 0.29) is 18.0 Å². The van der Waals surface area contributed by atoms with E-state index >= 15 is 0 Å². The van der Waals surface area contributed by atoms with Gasteiger partial charge in [-0.2, -0.15) is 5.10 Å². The summed E-state index contributed by atoms with van der Waals surface area (Å²) in [6.45, 7) is -0.129. The number of hydrogen-bond acceptors (Lipinski definition) is 3. The molecule has 5 aromatic rings. The Bertz CT molecular complexity index is 1470. The number of hydrogen-bond donors (Lipinski definition) is 1. The molecule has 0 radical (unpaired) electrons. The van der Waals surface area contributed by atoms with Crippen LogP contribution in [-0.4, -0.2) is 20.3 Å². The second-order valence-electron chi connectivity index (χ2n) is 7.14. The van der Waals surface area contributed by atoms with Gasteiger partial charge < -0.3 is 5.32 Å². The Morgan fingerprint density at radius 1 is 0.903 bits per heavy atom. The lowest BCUT2D eigenvalue weighted by Gasteiger charge is -2.11. The Kier molecular flexibility index (Phi) is 4.76. The molecule has 0 spiro atoms. The number of para-hydroxylation sites is 2. The van der Waals surface area contributed by atoms with E-state index in [1.165, 1.54) is 4.57 Å². The number of halogens is 1. The molecule has 0 unspecified atom stereocenters. The van der Waals surface area contributed by atoms with Gasteiger partial charge >= 0.3 is 0 Å². The third kappa shape index (κ3) is 3.58. The number of benzene rings is 3. The minimum Gasteiger partial charge on any atom is -0.325 e. The van der Waals surface area contributed by atoms with Crippen LogP contribution in [0.5, 0.6) is 0 Å². The minimum absolute atomic E-state index is 0.129. The smallest absolute Gasteiger partial charge is 0.279 e. The predicted octanol–water partition coefficient (Wildman–Crippen LogP) is 4.63. The van der Waals surface area contributed by atoms with Gasteiger partial charge in [-0.05, 0) is 42.5 Å². The molecule has 0 aliphatic heterocycles. The van der Waals surface area contributed by atoms with Gasteiger partial charge in [0.1, 0.15) is 6.54 Å². The van der Waals surface area contributed by atoms with Crippen LogP contribution in [0.4, 0.5) is 5.69 Å². The first-order valence-electron chi connectivity index (χ1n) is 9.72. The largest absolute Gasteiger partial charge is 0.325 e. The fraction of sp³-hybridized carbons (Fsp3) is 0.0417. The van der Waals surface area contributed by atoms with Crippen LogP contribution < -0.4 is 10.9 Å². The molecule has 0 atom stereocenters. The lowest BCUT2D eigenvalue weighted by atomic mass is 10.1. The van der Waals surface area contributed by atoms with Gasteiger partial charge in [0, 0.05) is 27.7 Å². The summed E-state index contributed by atoms with van der Waals surface area (Å²) >= 11 is 5.90. The molecule has 3 aromatic carbocycles. The number of carbonyl (C=O) groups excluding carboxylic acids is 1. The van der Waals surface area contributed by atoms with E-state index in [2.05, 4.69) is 10.4 Å². The van der Waals surface area contributed by atoms with Gasteiger partial charge in [0.25, 0.3) is 5.56 Å². The van der Waals surface area contributed by atoms with Crippen molar-refractivity contribution in [2.45, 2.75) is 6.54 Å². The lowest BCUT2D eigenvalue weighted by Crippen LogP contribution is -2.28. The quantitative estimate of drug-likeness (QED) is 0.453. The number of nitrogens with zero attached hydrogens (tertiary/aromatic N) is 3. The van der Waals surface area contributed by atoms with Crippen LogP contribution in [0.15, 0.2) is 89.9 Å². The number of anilines is 1. The summed E-state index contributed by atoms with van der Waals surface area (Å²) in [7, 11) is 0. The first kappa shape index (κ1) is 19.1. The fourth-order valence-corrected chi connectivity index (χ4v) is 3.78. The van der Waals surface area contributed by atoms with Crippen LogP contribution in [0.2, 0.25) is 5.02 Å². The Morgan fingerprint density at radius 3 is 2.39 bits per heavy atom. The van der Waals surface area contributed by atoms with Crippen LogP contribution >= 0.6 is 11.6 Å². The highest BCUT2D eigenvalue weighted by Crippen LogP contribution is 2.23. The van der Waals surface area contributed by atoms with Crippen LogP contribution in [-0.2, 0) is 11.3 Å². The molecule has 0 fully saturated rings. The minimum atomic E-state index is -0.311. The van der Waals surface area contributed by atoms with E-state index in [9.17, 15) is 9.59 Å². The molecular formula is C24H17ClN4O2. The van der Waals surface area contributed by atoms with Crippen molar-refractivity contribution < 1.29 is 4.79 Å². The van der Waals surface area contributed by atoms with Crippen molar-refractivity contribution in [3.63, 3.8) is 0 Å². The summed E-state index contributed by atoms with van der Waals surface area (Å²) in [4.78, 5) is 26.0. The van der Waals surface area contributed by atoms with Gasteiger partial charge in [-0.3, -0.25) is 14.2 Å². The van der Waals surface area contributed by atoms with Crippen molar-refractivity contribution in [2.75, 3.05) is 5.32 Å². The molecule has 1 N–H and O–H groups in total. The summed E-state index contributed by atoms with van der Waals surface area (Å²) in [5.74, 6) is -0.309. The normalized spacial score (nSPS) is 11.1. The number of fused-ring (bicyclic) bond motifs is 3. The molecule has 31 heavy (non-hydrogen) atoms. The van der Waals surface area contributed by atoms with Crippen molar-refractivity contribution in [3.8, 4) is 5.69 Å². The number of amides is 1. The highest BCUT2D eigenvalue weighted by atomic mass is 35.5. The van der Waals surface area contributed by atoms with Crippen molar-refractivity contribution in [1.82, 2.24) is 14.3 Å². The van der Waals surface area contributed by atoms with Gasteiger partial charge in [0.2, 0.25) is 5.91 Å². The highest BCUT2D eigenvalue weighted by molar-refractivity contribution is 6.30. The number of pyridine rings is 1. The highest BCUT2D eigenvalue weighted by Gasteiger charge is 2.16. The molecule has 0 aliphatic rings. The summed E-state index contributed by atoms with van der Waals surface area (Å²) in [5.41, 5.74) is 2.16. The maximum atomic E-state index is 13.3. The summed E-state index contributed by atoms with van der Waals surface area (Å²) in [5, 5.41) is 9.53. The average Bonchev–Trinajstić information content (AvgIpc) is 3.25. The number of aromatic nitrogens is 3. The molecule has 6 nitrogen and oxygen atoms in total. The van der Waals surface area contributed by atoms with Gasteiger partial charge in [-0.1, -0.05) is 48.0 Å². The molecule has 2 heterocycles. The molecule has 0 saturated carbocycles. The molecule has 1 amide bonds. The van der Waals surface area contributed by atoms with Crippen molar-refractivity contribution in [1.29, 1.82) is 0 Å². The third-order valence-electron chi connectivity index (χ3n) is 5.10. The Labute approximate surface area is 182 Å². The third-order valence-corrected chi connectivity index (χ3v) is 5.35. The number of carbonyl (C=O) groups is 1. The van der Waals surface area contributed by atoms with Crippen molar-refractivity contribution >= 4 is 45.0 Å². The summed E-state index contributed by atoms with van der Waals surface area (Å²) in [6.07, 6.45) is 1.85. The zero-order chi connectivity index (χ0) is 21.4. The topological polar surface area (TPSA) is 68.9 Å². The molecule has 7 heteroatoms. The Morgan fingerprint density at radius 2 is 1.61 bits per heavy atom. The summed E-state index contributed by atoms with van der Waals surface area (Å²) in [6, 6.07) is 23.9. The Hall–Kier alpha value is -3.90. The van der Waals surface area contributed by atoms with Crippen LogP contribution in [0.25, 0.3) is 27.5 Å². The van der Waals surface area contributed by atoms with Crippen LogP contribution in [0, 0.1) is 0 Å². The van der Waals surface area contributed by atoms with Crippen molar-refractivity contribution in [3.05, 3.63) is 100 Å². The van der Waals surface area contributed by atoms with Gasteiger partial charge in [0.05, 0.1) is 11.2 Å². The molecule has 5 rings (SSSR count). The standard InChI is InChI=1S/C24H17ClN4O2/c25-16-10-12-17(13-11-16)26-22(30)15-28-21-9-5-4-8-19(21)20-14-29(27-23(20)24(28)31)18-6-2-1-3-7-18/h1-14H,15H2,(H,26,30). The van der Waals surface area contributed by atoms with E-state index in [4.69, 9.17) is 11.6 Å². The van der Waals surface area contributed by atoms with Gasteiger partial charge in [0.15, 0.2) is 5.52 Å². The zero-order valence-electron chi connectivity index (χ0n) is 16.3. The lowest BCUT2D eigenvalue weighted by molar-refractivity contribution is -0.116. The average molecular weight is 429 g/mol. The van der Waals surface area contributed by atoms with E-state index in [1.807, 2.05) is 60.8 Å². The van der Waals surface area contributed by atoms with E-state index in [0.717, 1.165) is 16.5 Å². The maximum Gasteiger partial charge on any atom is 0.279 e. The van der Waals surface area contributed by atoms with Gasteiger partial charge in [-0.25, -0.2) is 4.68 Å².